The summed E-state index contributed by atoms with van der Waals surface area (Å²) in [7, 11) is 1.18. The summed E-state index contributed by atoms with van der Waals surface area (Å²) < 4.78 is 4.38. The zero-order chi connectivity index (χ0) is 13.7. The van der Waals surface area contributed by atoms with Gasteiger partial charge in [-0.25, -0.2) is 0 Å². The highest BCUT2D eigenvalue weighted by molar-refractivity contribution is 5.94. The predicted molar refractivity (Wildman–Crippen MR) is 62.6 cm³/mol. The normalized spacial score (nSPS) is 13.7. The number of carbonyl (C=O) groups excluding carboxylic acids is 2. The van der Waals surface area contributed by atoms with E-state index >= 15 is 0 Å². The zero-order valence-corrected chi connectivity index (χ0v) is 9.87. The van der Waals surface area contributed by atoms with Crippen molar-refractivity contribution in [2.24, 2.45) is 5.73 Å². The lowest BCUT2D eigenvalue weighted by atomic mass is 9.97. The number of hydrogen-bond donors (Lipinski definition) is 3. The van der Waals surface area contributed by atoms with Crippen molar-refractivity contribution in [3.63, 3.8) is 0 Å². The predicted octanol–water partition coefficient (Wildman–Crippen LogP) is -0.257. The highest BCUT2D eigenvalue weighted by Gasteiger charge is 2.24. The fourth-order valence-electron chi connectivity index (χ4n) is 1.55. The fourth-order valence-corrected chi connectivity index (χ4v) is 1.55. The number of rotatable bonds is 5. The van der Waals surface area contributed by atoms with Crippen LogP contribution in [0.4, 0.5) is 0 Å². The number of primary amides is 1. The molecule has 0 aliphatic carbocycles. The van der Waals surface area contributed by atoms with E-state index in [4.69, 9.17) is 5.73 Å². The Kier molecular flexibility index (Phi) is 4.82. The van der Waals surface area contributed by atoms with Gasteiger partial charge in [0.1, 0.15) is 6.10 Å². The topological polar surface area (TPSA) is 110 Å². The lowest BCUT2D eigenvalue weighted by Gasteiger charge is -2.19. The van der Waals surface area contributed by atoms with Crippen LogP contribution in [0.2, 0.25) is 0 Å². The lowest BCUT2D eigenvalue weighted by molar-refractivity contribution is -0.144. The Morgan fingerprint density at radius 3 is 2.50 bits per heavy atom. The molecule has 0 fully saturated rings. The molecule has 18 heavy (non-hydrogen) atoms. The number of hydrogen-bond acceptors (Lipinski definition) is 5. The van der Waals surface area contributed by atoms with Crippen LogP contribution in [0.3, 0.4) is 0 Å². The maximum Gasteiger partial charge on any atom is 0.308 e. The van der Waals surface area contributed by atoms with Gasteiger partial charge < -0.3 is 20.7 Å². The summed E-state index contributed by atoms with van der Waals surface area (Å²) in [4.78, 5) is 22.2. The van der Waals surface area contributed by atoms with Crippen LogP contribution in [0.25, 0.3) is 0 Å². The molecule has 2 atom stereocenters. The third kappa shape index (κ3) is 3.28. The number of amides is 1. The van der Waals surface area contributed by atoms with Gasteiger partial charge in [0, 0.05) is 5.56 Å². The molecule has 0 spiro atoms. The van der Waals surface area contributed by atoms with Crippen LogP contribution in [0.1, 0.15) is 28.4 Å². The highest BCUT2D eigenvalue weighted by atomic mass is 16.5. The van der Waals surface area contributed by atoms with E-state index in [1.165, 1.54) is 19.2 Å². The van der Waals surface area contributed by atoms with Crippen LogP contribution >= 0.6 is 0 Å². The maximum absolute atomic E-state index is 11.2. The average Bonchev–Trinajstić information content (AvgIpc) is 2.37. The number of aliphatic hydroxyl groups is 2. The first kappa shape index (κ1) is 14.1. The molecule has 6 nitrogen and oxygen atoms in total. The van der Waals surface area contributed by atoms with E-state index in [1.54, 1.807) is 12.1 Å². The van der Waals surface area contributed by atoms with Gasteiger partial charge in [0.05, 0.1) is 19.6 Å². The maximum atomic E-state index is 11.2. The van der Waals surface area contributed by atoms with Gasteiger partial charge in [-0.3, -0.25) is 9.59 Å². The molecule has 1 aromatic carbocycles. The molecule has 98 valence electrons. The Morgan fingerprint density at radius 2 is 1.94 bits per heavy atom. The molecule has 0 bridgehead atoms. The second kappa shape index (κ2) is 6.13. The first-order valence-electron chi connectivity index (χ1n) is 5.29. The summed E-state index contributed by atoms with van der Waals surface area (Å²) in [5.74, 6) is -1.37. The summed E-state index contributed by atoms with van der Waals surface area (Å²) in [5, 5.41) is 19.6. The van der Waals surface area contributed by atoms with Crippen LogP contribution in [0.5, 0.6) is 0 Å². The molecule has 2 unspecified atom stereocenters. The van der Waals surface area contributed by atoms with Crippen LogP contribution in [-0.2, 0) is 9.53 Å². The molecule has 0 saturated heterocycles. The molecule has 0 aromatic heterocycles. The lowest BCUT2D eigenvalue weighted by Crippen LogP contribution is -2.25. The van der Waals surface area contributed by atoms with Crippen LogP contribution in [0.15, 0.2) is 24.3 Å². The summed E-state index contributed by atoms with van der Waals surface area (Å²) >= 11 is 0. The van der Waals surface area contributed by atoms with Gasteiger partial charge in [0.2, 0.25) is 5.91 Å². The number of carbonyl (C=O) groups is 2. The average molecular weight is 253 g/mol. The van der Waals surface area contributed by atoms with Gasteiger partial charge in [-0.05, 0) is 11.6 Å². The molecule has 0 saturated carbocycles. The Hall–Kier alpha value is -1.92. The summed E-state index contributed by atoms with van der Waals surface area (Å²) in [6.07, 6.45) is -3.11. The molecule has 1 amide bonds. The molecule has 4 N–H and O–H groups in total. The minimum Gasteiger partial charge on any atom is -0.469 e. The third-order valence-electron chi connectivity index (χ3n) is 2.51. The fraction of sp³-hybridized carbons (Fsp3) is 0.333. The van der Waals surface area contributed by atoms with E-state index in [9.17, 15) is 19.8 Å². The molecule has 0 heterocycles. The summed E-state index contributed by atoms with van der Waals surface area (Å²) in [6.45, 7) is 0. The summed E-state index contributed by atoms with van der Waals surface area (Å²) in [5.41, 5.74) is 5.44. The van der Waals surface area contributed by atoms with Gasteiger partial charge in [0.25, 0.3) is 0 Å². The first-order chi connectivity index (χ1) is 8.47. The SMILES string of the molecule is COC(=O)CC(O)C(O)c1ccccc1C(N)=O. The molecule has 6 heteroatoms. The number of ether oxygens (including phenoxy) is 1. The zero-order valence-electron chi connectivity index (χ0n) is 9.87. The van der Waals surface area contributed by atoms with Gasteiger partial charge >= 0.3 is 5.97 Å². The molecular weight excluding hydrogens is 238 g/mol. The number of nitrogens with two attached hydrogens (primary N) is 1. The molecule has 0 radical (unpaired) electrons. The number of aliphatic hydroxyl groups excluding tert-OH is 2. The van der Waals surface area contributed by atoms with Crippen molar-refractivity contribution in [3.05, 3.63) is 35.4 Å². The monoisotopic (exact) mass is 253 g/mol. The van der Waals surface area contributed by atoms with E-state index in [0.29, 0.717) is 0 Å². The Morgan fingerprint density at radius 1 is 1.33 bits per heavy atom. The van der Waals surface area contributed by atoms with Crippen LogP contribution < -0.4 is 5.73 Å². The Labute approximate surface area is 104 Å². The smallest absolute Gasteiger partial charge is 0.308 e. The van der Waals surface area contributed by atoms with E-state index in [0.717, 1.165) is 0 Å². The van der Waals surface area contributed by atoms with Crippen LogP contribution in [0, 0.1) is 0 Å². The van der Waals surface area contributed by atoms with Crippen molar-refractivity contribution in [1.29, 1.82) is 0 Å². The van der Waals surface area contributed by atoms with Gasteiger partial charge in [0.15, 0.2) is 0 Å². The molecule has 1 rings (SSSR count). The number of esters is 1. The van der Waals surface area contributed by atoms with Gasteiger partial charge in [-0.2, -0.15) is 0 Å². The molecule has 0 aliphatic rings. The first-order valence-corrected chi connectivity index (χ1v) is 5.29. The van der Waals surface area contributed by atoms with Crippen molar-refractivity contribution in [1.82, 2.24) is 0 Å². The van der Waals surface area contributed by atoms with E-state index in [1.807, 2.05) is 0 Å². The largest absolute Gasteiger partial charge is 0.469 e. The second-order valence-corrected chi connectivity index (χ2v) is 3.74. The van der Waals surface area contributed by atoms with E-state index in [-0.39, 0.29) is 17.5 Å². The van der Waals surface area contributed by atoms with Crippen molar-refractivity contribution >= 4 is 11.9 Å². The minimum atomic E-state index is -1.38. The second-order valence-electron chi connectivity index (χ2n) is 3.74. The standard InChI is InChI=1S/C12H15NO5/c1-18-10(15)6-9(14)11(16)7-4-2-3-5-8(7)12(13)17/h2-5,9,11,14,16H,6H2,1H3,(H2,13,17). The van der Waals surface area contributed by atoms with Gasteiger partial charge in [-0.15, -0.1) is 0 Å². The summed E-state index contributed by atoms with van der Waals surface area (Å²) in [6, 6.07) is 6.08. The van der Waals surface area contributed by atoms with Crippen LogP contribution in [-0.4, -0.2) is 35.3 Å². The quantitative estimate of drug-likeness (QED) is 0.626. The Bertz CT molecular complexity index is 446. The number of methoxy groups -OCH3 is 1. The molecule has 1 aromatic rings. The number of benzene rings is 1. The van der Waals surface area contributed by atoms with Gasteiger partial charge in [-0.1, -0.05) is 18.2 Å². The third-order valence-corrected chi connectivity index (χ3v) is 2.51. The van der Waals surface area contributed by atoms with Crippen molar-refractivity contribution in [2.75, 3.05) is 7.11 Å². The Balaban J connectivity index is 2.92. The molecular formula is C12H15NO5. The highest BCUT2D eigenvalue weighted by Crippen LogP contribution is 2.22. The minimum absolute atomic E-state index is 0.105. The van der Waals surface area contributed by atoms with Crippen molar-refractivity contribution in [2.45, 2.75) is 18.6 Å². The van der Waals surface area contributed by atoms with Crippen molar-refractivity contribution in [3.8, 4) is 0 Å². The van der Waals surface area contributed by atoms with E-state index in [2.05, 4.69) is 4.74 Å². The molecule has 0 aliphatic heterocycles. The van der Waals surface area contributed by atoms with E-state index < -0.39 is 24.1 Å². The van der Waals surface area contributed by atoms with Crippen molar-refractivity contribution < 1.29 is 24.5 Å².